The average Bonchev–Trinajstić information content (AvgIpc) is 2.68. The van der Waals surface area contributed by atoms with E-state index in [1.807, 2.05) is 0 Å². The summed E-state index contributed by atoms with van der Waals surface area (Å²) in [6, 6.07) is -0.554. The first-order valence-electron chi connectivity index (χ1n) is 8.07. The van der Waals surface area contributed by atoms with Gasteiger partial charge in [-0.25, -0.2) is 13.6 Å². The third-order valence-electron chi connectivity index (χ3n) is 3.48. The molecule has 1 rings (SSSR count). The molecule has 0 saturated carbocycles. The van der Waals surface area contributed by atoms with E-state index in [1.165, 1.54) is 0 Å². The molecule has 1 aliphatic rings. The van der Waals surface area contributed by atoms with Crippen LogP contribution in [0.3, 0.4) is 0 Å². The Hall–Kier alpha value is -1.40. The number of halogens is 2. The quantitative estimate of drug-likeness (QED) is 0.548. The summed E-state index contributed by atoms with van der Waals surface area (Å²) in [5.41, 5.74) is -0.719. The van der Waals surface area contributed by atoms with Gasteiger partial charge < -0.3 is 9.47 Å². The molecule has 134 valence electrons. The molecule has 0 aromatic rings. The largest absolute Gasteiger partial charge is 0.466 e. The summed E-state index contributed by atoms with van der Waals surface area (Å²) in [5.74, 6) is -3.17. The van der Waals surface area contributed by atoms with Gasteiger partial charge in [0.05, 0.1) is 13.2 Å². The zero-order chi connectivity index (χ0) is 17.7. The smallest absolute Gasteiger partial charge is 0.410 e. The Bertz CT molecular complexity index is 421. The molecule has 1 amide bonds. The van der Waals surface area contributed by atoms with Gasteiger partial charge in [-0.3, -0.25) is 9.69 Å². The average molecular weight is 335 g/mol. The van der Waals surface area contributed by atoms with Crippen molar-refractivity contribution in [3.8, 4) is 0 Å². The Morgan fingerprint density at radius 1 is 1.26 bits per heavy atom. The van der Waals surface area contributed by atoms with Gasteiger partial charge in [0, 0.05) is 18.9 Å². The lowest BCUT2D eigenvalue weighted by Crippen LogP contribution is -2.40. The molecular formula is C16H27F2NO4. The summed E-state index contributed by atoms with van der Waals surface area (Å²) >= 11 is 0. The monoisotopic (exact) mass is 335 g/mol. The second-order valence-electron chi connectivity index (χ2n) is 6.87. The lowest BCUT2D eigenvalue weighted by atomic mass is 10.1. The molecule has 0 aromatic heterocycles. The van der Waals surface area contributed by atoms with Crippen molar-refractivity contribution in [1.82, 2.24) is 4.90 Å². The molecule has 0 radical (unpaired) electrons. The van der Waals surface area contributed by atoms with Crippen LogP contribution in [0.1, 0.15) is 59.8 Å². The van der Waals surface area contributed by atoms with Crippen LogP contribution in [0.15, 0.2) is 0 Å². The van der Waals surface area contributed by atoms with Gasteiger partial charge in [-0.2, -0.15) is 0 Å². The maximum absolute atomic E-state index is 13.7. The molecule has 0 unspecified atom stereocenters. The Kier molecular flexibility index (Phi) is 6.77. The van der Waals surface area contributed by atoms with Crippen LogP contribution in [0, 0.1) is 0 Å². The van der Waals surface area contributed by atoms with Gasteiger partial charge in [0.2, 0.25) is 0 Å². The van der Waals surface area contributed by atoms with E-state index in [0.717, 1.165) is 4.90 Å². The van der Waals surface area contributed by atoms with Crippen LogP contribution in [0.5, 0.6) is 0 Å². The highest BCUT2D eigenvalue weighted by atomic mass is 19.3. The number of amides is 1. The van der Waals surface area contributed by atoms with Crippen LogP contribution in [0.2, 0.25) is 0 Å². The maximum Gasteiger partial charge on any atom is 0.410 e. The minimum Gasteiger partial charge on any atom is -0.466 e. The third-order valence-corrected chi connectivity index (χ3v) is 3.48. The highest BCUT2D eigenvalue weighted by Gasteiger charge is 2.47. The first-order valence-corrected chi connectivity index (χ1v) is 8.07. The van der Waals surface area contributed by atoms with Crippen LogP contribution >= 0.6 is 0 Å². The number of hydrogen-bond donors (Lipinski definition) is 0. The second-order valence-corrected chi connectivity index (χ2v) is 6.87. The Balaban J connectivity index is 2.50. The van der Waals surface area contributed by atoms with E-state index in [1.54, 1.807) is 27.7 Å². The van der Waals surface area contributed by atoms with Crippen molar-refractivity contribution in [3.63, 3.8) is 0 Å². The van der Waals surface area contributed by atoms with E-state index < -0.39 is 30.2 Å². The molecular weight excluding hydrogens is 308 g/mol. The fourth-order valence-electron chi connectivity index (χ4n) is 2.57. The number of hydrogen-bond acceptors (Lipinski definition) is 4. The number of alkyl halides is 2. The predicted molar refractivity (Wildman–Crippen MR) is 81.4 cm³/mol. The van der Waals surface area contributed by atoms with Gasteiger partial charge >= 0.3 is 12.1 Å². The number of carbonyl (C=O) groups excluding carboxylic acids is 2. The number of unbranched alkanes of at least 4 members (excludes halogenated alkanes) is 1. The van der Waals surface area contributed by atoms with E-state index in [2.05, 4.69) is 0 Å². The van der Waals surface area contributed by atoms with Crippen molar-refractivity contribution >= 4 is 12.1 Å². The van der Waals surface area contributed by atoms with Crippen LogP contribution in [0.25, 0.3) is 0 Å². The third kappa shape index (κ3) is 7.14. The number of ether oxygens (including phenoxy) is 2. The summed E-state index contributed by atoms with van der Waals surface area (Å²) in [7, 11) is 0. The zero-order valence-electron chi connectivity index (χ0n) is 14.4. The molecule has 1 saturated heterocycles. The number of rotatable bonds is 6. The summed E-state index contributed by atoms with van der Waals surface area (Å²) in [4.78, 5) is 24.4. The molecule has 0 aliphatic carbocycles. The fraction of sp³-hybridized carbons (Fsp3) is 0.875. The van der Waals surface area contributed by atoms with Crippen LogP contribution in [-0.4, -0.2) is 47.7 Å². The highest BCUT2D eigenvalue weighted by Crippen LogP contribution is 2.35. The van der Waals surface area contributed by atoms with Gasteiger partial charge in [0.25, 0.3) is 5.92 Å². The first kappa shape index (κ1) is 19.6. The van der Waals surface area contributed by atoms with Gasteiger partial charge in [-0.15, -0.1) is 0 Å². The predicted octanol–water partition coefficient (Wildman–Crippen LogP) is 3.75. The van der Waals surface area contributed by atoms with Gasteiger partial charge in [-0.1, -0.05) is 6.42 Å². The van der Waals surface area contributed by atoms with E-state index in [4.69, 9.17) is 9.47 Å². The minimum atomic E-state index is -2.89. The van der Waals surface area contributed by atoms with Crippen LogP contribution in [0.4, 0.5) is 13.6 Å². The van der Waals surface area contributed by atoms with Crippen molar-refractivity contribution < 1.29 is 27.8 Å². The van der Waals surface area contributed by atoms with Crippen molar-refractivity contribution in [3.05, 3.63) is 0 Å². The SMILES string of the molecule is CCOC(=O)CCCC[C@H]1CC(F)(F)CN1C(=O)OC(C)(C)C. The standard InChI is InChI=1S/C16H27F2NO4/c1-5-22-13(20)9-7-6-8-12-10-16(17,18)11-19(12)14(21)23-15(2,3)4/h12H,5-11H2,1-4H3/t12-/m0/s1. The van der Waals surface area contributed by atoms with Crippen molar-refractivity contribution in [2.45, 2.75) is 77.4 Å². The van der Waals surface area contributed by atoms with Crippen molar-refractivity contribution in [2.24, 2.45) is 0 Å². The molecule has 0 N–H and O–H groups in total. The highest BCUT2D eigenvalue weighted by molar-refractivity contribution is 5.69. The van der Waals surface area contributed by atoms with E-state index >= 15 is 0 Å². The lowest BCUT2D eigenvalue weighted by Gasteiger charge is -2.28. The molecule has 0 bridgehead atoms. The summed E-state index contributed by atoms with van der Waals surface area (Å²) in [5, 5.41) is 0. The fourth-order valence-corrected chi connectivity index (χ4v) is 2.57. The molecule has 5 nitrogen and oxygen atoms in total. The van der Waals surface area contributed by atoms with Gasteiger partial charge in [0.15, 0.2) is 0 Å². The van der Waals surface area contributed by atoms with Gasteiger partial charge in [-0.05, 0) is 40.5 Å². The molecule has 0 spiro atoms. The van der Waals surface area contributed by atoms with E-state index in [9.17, 15) is 18.4 Å². The topological polar surface area (TPSA) is 55.8 Å². The van der Waals surface area contributed by atoms with Crippen LogP contribution in [-0.2, 0) is 14.3 Å². The molecule has 1 atom stereocenters. The van der Waals surface area contributed by atoms with Crippen molar-refractivity contribution in [1.29, 1.82) is 0 Å². The number of nitrogens with zero attached hydrogens (tertiary/aromatic N) is 1. The molecule has 0 aromatic carbocycles. The molecule has 1 fully saturated rings. The summed E-state index contributed by atoms with van der Waals surface area (Å²) in [6.07, 6.45) is 0.774. The lowest BCUT2D eigenvalue weighted by molar-refractivity contribution is -0.143. The van der Waals surface area contributed by atoms with Crippen molar-refractivity contribution in [2.75, 3.05) is 13.2 Å². The van der Waals surface area contributed by atoms with Gasteiger partial charge in [0.1, 0.15) is 5.60 Å². The summed E-state index contributed by atoms with van der Waals surface area (Å²) in [6.45, 7) is 6.57. The molecule has 1 heterocycles. The number of likely N-dealkylation sites (tertiary alicyclic amines) is 1. The number of carbonyl (C=O) groups is 2. The minimum absolute atomic E-state index is 0.267. The van der Waals surface area contributed by atoms with Crippen LogP contribution < -0.4 is 0 Å². The Morgan fingerprint density at radius 2 is 1.91 bits per heavy atom. The molecule has 1 aliphatic heterocycles. The maximum atomic E-state index is 13.7. The number of esters is 1. The van der Waals surface area contributed by atoms with E-state index in [-0.39, 0.29) is 18.8 Å². The Morgan fingerprint density at radius 3 is 2.48 bits per heavy atom. The molecule has 23 heavy (non-hydrogen) atoms. The zero-order valence-corrected chi connectivity index (χ0v) is 14.4. The van der Waals surface area contributed by atoms with E-state index in [0.29, 0.717) is 25.9 Å². The Labute approximate surface area is 136 Å². The first-order chi connectivity index (χ1) is 10.5. The summed E-state index contributed by atoms with van der Waals surface area (Å²) < 4.78 is 37.3. The molecule has 7 heteroatoms. The normalized spacial score (nSPS) is 20.4. The second kappa shape index (κ2) is 7.93.